The SMILES string of the molecule is CCOCCOc1ccc(NC(=O)C(C)(C)OCC)cc1. The highest BCUT2D eigenvalue weighted by Gasteiger charge is 2.27. The maximum Gasteiger partial charge on any atom is 0.256 e. The molecule has 0 spiro atoms. The summed E-state index contributed by atoms with van der Waals surface area (Å²) in [5.41, 5.74) is -0.133. The lowest BCUT2D eigenvalue weighted by atomic mass is 10.1. The highest BCUT2D eigenvalue weighted by atomic mass is 16.5. The largest absolute Gasteiger partial charge is 0.491 e. The van der Waals surface area contributed by atoms with Crippen LogP contribution in [0.1, 0.15) is 27.7 Å². The molecule has 0 fully saturated rings. The molecule has 118 valence electrons. The van der Waals surface area contributed by atoms with Crippen molar-refractivity contribution in [1.29, 1.82) is 0 Å². The van der Waals surface area contributed by atoms with Gasteiger partial charge in [0.1, 0.15) is 18.0 Å². The second-order valence-corrected chi connectivity index (χ2v) is 4.97. The Morgan fingerprint density at radius 2 is 1.76 bits per heavy atom. The summed E-state index contributed by atoms with van der Waals surface area (Å²) in [7, 11) is 0. The van der Waals surface area contributed by atoms with Gasteiger partial charge in [-0.3, -0.25) is 4.79 Å². The summed E-state index contributed by atoms with van der Waals surface area (Å²) < 4.78 is 16.1. The third-order valence-electron chi connectivity index (χ3n) is 2.86. The van der Waals surface area contributed by atoms with Crippen molar-refractivity contribution < 1.29 is 19.0 Å². The average Bonchev–Trinajstić information content (AvgIpc) is 2.45. The molecule has 1 aromatic carbocycles. The van der Waals surface area contributed by atoms with E-state index in [4.69, 9.17) is 14.2 Å². The normalized spacial score (nSPS) is 11.2. The summed E-state index contributed by atoms with van der Waals surface area (Å²) in [6.45, 7) is 9.56. The van der Waals surface area contributed by atoms with Gasteiger partial charge in [0.15, 0.2) is 0 Å². The predicted octanol–water partition coefficient (Wildman–Crippen LogP) is 2.86. The fraction of sp³-hybridized carbons (Fsp3) is 0.562. The molecule has 0 unspecified atom stereocenters. The Balaban J connectivity index is 2.49. The van der Waals surface area contributed by atoms with E-state index in [1.54, 1.807) is 26.0 Å². The average molecular weight is 295 g/mol. The molecule has 1 rings (SSSR count). The van der Waals surface area contributed by atoms with Crippen molar-refractivity contribution in [3.8, 4) is 5.75 Å². The number of ether oxygens (including phenoxy) is 3. The summed E-state index contributed by atoms with van der Waals surface area (Å²) in [4.78, 5) is 12.1. The van der Waals surface area contributed by atoms with Gasteiger partial charge >= 0.3 is 0 Å². The van der Waals surface area contributed by atoms with E-state index in [0.29, 0.717) is 32.1 Å². The van der Waals surface area contributed by atoms with Gasteiger partial charge in [-0.1, -0.05) is 0 Å². The molecule has 0 aliphatic carbocycles. The number of carbonyl (C=O) groups excluding carboxylic acids is 1. The Morgan fingerprint density at radius 1 is 1.10 bits per heavy atom. The molecule has 1 aromatic rings. The zero-order valence-corrected chi connectivity index (χ0v) is 13.3. The minimum atomic E-state index is -0.846. The van der Waals surface area contributed by atoms with Gasteiger partial charge in [-0.25, -0.2) is 0 Å². The molecule has 1 N–H and O–H groups in total. The van der Waals surface area contributed by atoms with Crippen LogP contribution in [-0.4, -0.2) is 37.9 Å². The van der Waals surface area contributed by atoms with Gasteiger partial charge in [-0.2, -0.15) is 0 Å². The molecule has 5 nitrogen and oxygen atoms in total. The summed E-state index contributed by atoms with van der Waals surface area (Å²) in [5.74, 6) is 0.575. The predicted molar refractivity (Wildman–Crippen MR) is 82.8 cm³/mol. The Labute approximate surface area is 126 Å². The Morgan fingerprint density at radius 3 is 2.33 bits per heavy atom. The number of hydrogen-bond donors (Lipinski definition) is 1. The molecule has 0 radical (unpaired) electrons. The number of anilines is 1. The van der Waals surface area contributed by atoms with Crippen LogP contribution in [-0.2, 0) is 14.3 Å². The van der Waals surface area contributed by atoms with Crippen LogP contribution < -0.4 is 10.1 Å². The van der Waals surface area contributed by atoms with Crippen LogP contribution >= 0.6 is 0 Å². The number of hydrogen-bond acceptors (Lipinski definition) is 4. The highest BCUT2D eigenvalue weighted by molar-refractivity contribution is 5.96. The molecule has 0 bridgehead atoms. The molecule has 0 aromatic heterocycles. The highest BCUT2D eigenvalue weighted by Crippen LogP contribution is 2.18. The van der Waals surface area contributed by atoms with Crippen LogP contribution in [0.25, 0.3) is 0 Å². The monoisotopic (exact) mass is 295 g/mol. The van der Waals surface area contributed by atoms with E-state index in [0.717, 1.165) is 5.75 Å². The third-order valence-corrected chi connectivity index (χ3v) is 2.86. The topological polar surface area (TPSA) is 56.8 Å². The lowest BCUT2D eigenvalue weighted by Crippen LogP contribution is -2.39. The van der Waals surface area contributed by atoms with Crippen molar-refractivity contribution in [2.45, 2.75) is 33.3 Å². The Kier molecular flexibility index (Phi) is 7.19. The van der Waals surface area contributed by atoms with E-state index in [1.165, 1.54) is 0 Å². The maximum atomic E-state index is 12.1. The Hall–Kier alpha value is -1.59. The summed E-state index contributed by atoms with van der Waals surface area (Å²) >= 11 is 0. The summed E-state index contributed by atoms with van der Waals surface area (Å²) in [6, 6.07) is 7.23. The van der Waals surface area contributed by atoms with Crippen LogP contribution in [0.15, 0.2) is 24.3 Å². The number of amides is 1. The van der Waals surface area contributed by atoms with Crippen molar-refractivity contribution in [1.82, 2.24) is 0 Å². The van der Waals surface area contributed by atoms with E-state index < -0.39 is 5.60 Å². The second kappa shape index (κ2) is 8.64. The first-order chi connectivity index (χ1) is 9.99. The fourth-order valence-corrected chi connectivity index (χ4v) is 1.71. The fourth-order valence-electron chi connectivity index (χ4n) is 1.71. The lowest BCUT2D eigenvalue weighted by Gasteiger charge is -2.23. The maximum absolute atomic E-state index is 12.1. The molecular formula is C16H25NO4. The molecule has 0 aliphatic rings. The van der Waals surface area contributed by atoms with Crippen molar-refractivity contribution in [3.05, 3.63) is 24.3 Å². The number of rotatable bonds is 9. The molecule has 21 heavy (non-hydrogen) atoms. The first kappa shape index (κ1) is 17.5. The standard InChI is InChI=1S/C16H25NO4/c1-5-19-11-12-20-14-9-7-13(8-10-14)17-15(18)16(3,4)21-6-2/h7-10H,5-6,11-12H2,1-4H3,(H,17,18). The van der Waals surface area contributed by atoms with Crippen LogP contribution in [0.4, 0.5) is 5.69 Å². The van der Waals surface area contributed by atoms with Gasteiger partial charge < -0.3 is 19.5 Å². The molecule has 0 atom stereocenters. The Bertz CT molecular complexity index is 428. The van der Waals surface area contributed by atoms with Crippen LogP contribution in [0.5, 0.6) is 5.75 Å². The quantitative estimate of drug-likeness (QED) is 0.712. The van der Waals surface area contributed by atoms with Crippen molar-refractivity contribution in [3.63, 3.8) is 0 Å². The van der Waals surface area contributed by atoms with Gasteiger partial charge in [0.25, 0.3) is 5.91 Å². The van der Waals surface area contributed by atoms with Crippen LogP contribution in [0, 0.1) is 0 Å². The minimum Gasteiger partial charge on any atom is -0.491 e. The van der Waals surface area contributed by atoms with E-state index in [-0.39, 0.29) is 5.91 Å². The van der Waals surface area contributed by atoms with Gasteiger partial charge in [0, 0.05) is 18.9 Å². The molecule has 0 aliphatic heterocycles. The number of carbonyl (C=O) groups is 1. The van der Waals surface area contributed by atoms with Crippen molar-refractivity contribution >= 4 is 11.6 Å². The molecule has 0 saturated carbocycles. The van der Waals surface area contributed by atoms with Crippen LogP contribution in [0.2, 0.25) is 0 Å². The molecule has 0 heterocycles. The van der Waals surface area contributed by atoms with Crippen molar-refractivity contribution in [2.24, 2.45) is 0 Å². The van der Waals surface area contributed by atoms with Gasteiger partial charge in [0.05, 0.1) is 6.61 Å². The van der Waals surface area contributed by atoms with E-state index in [2.05, 4.69) is 5.32 Å². The van der Waals surface area contributed by atoms with Gasteiger partial charge in [0.2, 0.25) is 0 Å². The zero-order chi connectivity index (χ0) is 15.7. The lowest BCUT2D eigenvalue weighted by molar-refractivity contribution is -0.136. The van der Waals surface area contributed by atoms with Crippen molar-refractivity contribution in [2.75, 3.05) is 31.7 Å². The smallest absolute Gasteiger partial charge is 0.256 e. The first-order valence-corrected chi connectivity index (χ1v) is 7.25. The van der Waals surface area contributed by atoms with E-state index in [9.17, 15) is 4.79 Å². The van der Waals surface area contributed by atoms with E-state index in [1.807, 2.05) is 26.0 Å². The van der Waals surface area contributed by atoms with Gasteiger partial charge in [-0.15, -0.1) is 0 Å². The first-order valence-electron chi connectivity index (χ1n) is 7.25. The van der Waals surface area contributed by atoms with E-state index >= 15 is 0 Å². The summed E-state index contributed by atoms with van der Waals surface area (Å²) in [6.07, 6.45) is 0. The summed E-state index contributed by atoms with van der Waals surface area (Å²) in [5, 5.41) is 2.83. The van der Waals surface area contributed by atoms with Gasteiger partial charge in [-0.05, 0) is 52.0 Å². The molecule has 1 amide bonds. The molecular weight excluding hydrogens is 270 g/mol. The third kappa shape index (κ3) is 6.14. The molecule has 0 saturated heterocycles. The second-order valence-electron chi connectivity index (χ2n) is 4.97. The zero-order valence-electron chi connectivity index (χ0n) is 13.3. The number of nitrogens with one attached hydrogen (secondary N) is 1. The minimum absolute atomic E-state index is 0.172. The number of benzene rings is 1. The molecule has 5 heteroatoms. The van der Waals surface area contributed by atoms with Crippen LogP contribution in [0.3, 0.4) is 0 Å².